The first-order valence-electron chi connectivity index (χ1n) is 12.4. The topological polar surface area (TPSA) is 84.4 Å². The van der Waals surface area contributed by atoms with Gasteiger partial charge in [-0.15, -0.1) is 0 Å². The summed E-state index contributed by atoms with van der Waals surface area (Å²) < 4.78 is 16.2. The number of ether oxygens (including phenoxy) is 3. The number of amides is 1. The number of aliphatic hydroxyl groups is 1. The first-order chi connectivity index (χ1) is 17.9. The summed E-state index contributed by atoms with van der Waals surface area (Å²) in [6, 6.07) is 17.5. The predicted octanol–water partition coefficient (Wildman–Crippen LogP) is 3.95. The summed E-state index contributed by atoms with van der Waals surface area (Å²) in [5, 5.41) is 11.1. The number of piperidine rings is 1. The van der Waals surface area contributed by atoms with Gasteiger partial charge in [0.25, 0.3) is 5.91 Å². The second-order valence-corrected chi connectivity index (χ2v) is 9.47. The Bertz CT molecular complexity index is 1170. The van der Waals surface area contributed by atoms with Crippen LogP contribution in [0.25, 0.3) is 0 Å². The Hall–Kier alpha value is -3.78. The van der Waals surface area contributed by atoms with Crippen LogP contribution in [0.1, 0.15) is 34.3 Å². The minimum atomic E-state index is -0.705. The molecule has 0 unspecified atom stereocenters. The van der Waals surface area contributed by atoms with Crippen LogP contribution in [-0.2, 0) is 13.0 Å². The Morgan fingerprint density at radius 2 is 1.62 bits per heavy atom. The van der Waals surface area contributed by atoms with E-state index in [1.165, 1.54) is 0 Å². The minimum absolute atomic E-state index is 0.135. The van der Waals surface area contributed by atoms with Gasteiger partial charge in [0, 0.05) is 39.3 Å². The van der Waals surface area contributed by atoms with Crippen molar-refractivity contribution < 1.29 is 24.1 Å². The summed E-state index contributed by atoms with van der Waals surface area (Å²) in [6.45, 7) is 1.79. The fraction of sp³-hybridized carbons (Fsp3) is 0.379. The summed E-state index contributed by atoms with van der Waals surface area (Å²) in [5.74, 6) is 2.27. The summed E-state index contributed by atoms with van der Waals surface area (Å²) in [4.78, 5) is 21.4. The first-order valence-corrected chi connectivity index (χ1v) is 12.4. The SMILES string of the molecule is COc1cc(CN(C)C(=O)c2ccc(N3CCC(O)(Cc4ccccc4)CC3)nc2)cc(OC)c1OC. The van der Waals surface area contributed by atoms with Gasteiger partial charge in [-0.3, -0.25) is 4.79 Å². The molecule has 3 aromatic rings. The lowest BCUT2D eigenvalue weighted by Gasteiger charge is -2.39. The minimum Gasteiger partial charge on any atom is -0.493 e. The van der Waals surface area contributed by atoms with E-state index in [1.807, 2.05) is 36.4 Å². The fourth-order valence-electron chi connectivity index (χ4n) is 4.80. The zero-order valence-electron chi connectivity index (χ0n) is 21.9. The molecule has 0 bridgehead atoms. The number of hydrogen-bond acceptors (Lipinski definition) is 7. The van der Waals surface area contributed by atoms with Crippen LogP contribution in [0.5, 0.6) is 17.2 Å². The molecule has 1 aromatic heterocycles. The van der Waals surface area contributed by atoms with Crippen molar-refractivity contribution in [1.82, 2.24) is 9.88 Å². The average Bonchev–Trinajstić information content (AvgIpc) is 2.93. The third-order valence-corrected chi connectivity index (χ3v) is 6.88. The highest BCUT2D eigenvalue weighted by Gasteiger charge is 2.33. The van der Waals surface area contributed by atoms with E-state index < -0.39 is 5.60 Å². The molecule has 8 heteroatoms. The Labute approximate surface area is 218 Å². The third-order valence-electron chi connectivity index (χ3n) is 6.88. The summed E-state index contributed by atoms with van der Waals surface area (Å²) in [7, 11) is 6.43. The van der Waals surface area contributed by atoms with Crippen molar-refractivity contribution in [2.24, 2.45) is 0 Å². The van der Waals surface area contributed by atoms with Crippen LogP contribution in [-0.4, -0.2) is 68.0 Å². The van der Waals surface area contributed by atoms with Gasteiger partial charge in [-0.25, -0.2) is 4.98 Å². The molecule has 2 aromatic carbocycles. The lowest BCUT2D eigenvalue weighted by Crippen LogP contribution is -2.46. The number of nitrogens with zero attached hydrogens (tertiary/aromatic N) is 3. The summed E-state index contributed by atoms with van der Waals surface area (Å²) in [6.07, 6.45) is 3.61. The molecule has 1 aliphatic rings. The van der Waals surface area contributed by atoms with Crippen molar-refractivity contribution in [3.8, 4) is 17.2 Å². The van der Waals surface area contributed by atoms with E-state index in [1.54, 1.807) is 45.5 Å². The van der Waals surface area contributed by atoms with Gasteiger partial charge in [0.05, 0.1) is 32.5 Å². The van der Waals surface area contributed by atoms with Crippen LogP contribution in [0.3, 0.4) is 0 Å². The Balaban J connectivity index is 1.37. The van der Waals surface area contributed by atoms with Crippen LogP contribution in [0.2, 0.25) is 0 Å². The standard InChI is InChI=1S/C29H35N3O5/c1-31(20-22-16-24(35-2)27(37-4)25(17-22)36-3)28(33)23-10-11-26(30-19-23)32-14-12-29(34,13-15-32)18-21-8-6-5-7-9-21/h5-11,16-17,19,34H,12-15,18,20H2,1-4H3. The second kappa shape index (κ2) is 11.5. The van der Waals surface area contributed by atoms with Gasteiger partial charge >= 0.3 is 0 Å². The largest absolute Gasteiger partial charge is 0.493 e. The van der Waals surface area contributed by atoms with Crippen molar-refractivity contribution >= 4 is 11.7 Å². The van der Waals surface area contributed by atoms with Crippen LogP contribution in [0.4, 0.5) is 5.82 Å². The molecule has 1 aliphatic heterocycles. The van der Waals surface area contributed by atoms with E-state index >= 15 is 0 Å². The fourth-order valence-corrected chi connectivity index (χ4v) is 4.80. The number of anilines is 1. The summed E-state index contributed by atoms with van der Waals surface area (Å²) >= 11 is 0. The van der Waals surface area contributed by atoms with Gasteiger partial charge in [-0.2, -0.15) is 0 Å². The van der Waals surface area contributed by atoms with Crippen molar-refractivity contribution in [3.05, 3.63) is 77.5 Å². The lowest BCUT2D eigenvalue weighted by atomic mass is 9.85. The van der Waals surface area contributed by atoms with Gasteiger partial charge in [0.2, 0.25) is 5.75 Å². The molecule has 0 aliphatic carbocycles. The molecule has 0 spiro atoms. The lowest BCUT2D eigenvalue weighted by molar-refractivity contribution is 0.0164. The van der Waals surface area contributed by atoms with E-state index in [0.717, 1.165) is 16.9 Å². The van der Waals surface area contributed by atoms with Crippen LogP contribution >= 0.6 is 0 Å². The zero-order chi connectivity index (χ0) is 26.4. The van der Waals surface area contributed by atoms with Gasteiger partial charge in [-0.1, -0.05) is 30.3 Å². The van der Waals surface area contributed by atoms with Crippen LogP contribution < -0.4 is 19.1 Å². The molecule has 1 amide bonds. The maximum absolute atomic E-state index is 13.1. The van der Waals surface area contributed by atoms with Gasteiger partial charge in [-0.05, 0) is 48.2 Å². The molecule has 8 nitrogen and oxygen atoms in total. The number of pyridine rings is 1. The van der Waals surface area contributed by atoms with E-state index in [4.69, 9.17) is 14.2 Å². The second-order valence-electron chi connectivity index (χ2n) is 9.47. The quantitative estimate of drug-likeness (QED) is 0.471. The molecule has 37 heavy (non-hydrogen) atoms. The van der Waals surface area contributed by atoms with Gasteiger partial charge in [0.15, 0.2) is 11.5 Å². The summed E-state index contributed by atoms with van der Waals surface area (Å²) in [5.41, 5.74) is 1.81. The van der Waals surface area contributed by atoms with Crippen LogP contribution in [0, 0.1) is 0 Å². The molecule has 1 N–H and O–H groups in total. The predicted molar refractivity (Wildman–Crippen MR) is 143 cm³/mol. The van der Waals surface area contributed by atoms with E-state index in [0.29, 0.717) is 61.7 Å². The van der Waals surface area contributed by atoms with E-state index in [9.17, 15) is 9.90 Å². The number of aromatic nitrogens is 1. The van der Waals surface area contributed by atoms with Crippen molar-refractivity contribution in [3.63, 3.8) is 0 Å². The number of rotatable bonds is 9. The molecule has 0 atom stereocenters. The molecule has 1 fully saturated rings. The molecule has 2 heterocycles. The highest BCUT2D eigenvalue weighted by atomic mass is 16.5. The Kier molecular flexibility index (Phi) is 8.18. The van der Waals surface area contributed by atoms with Crippen LogP contribution in [0.15, 0.2) is 60.8 Å². The Morgan fingerprint density at radius 3 is 2.16 bits per heavy atom. The van der Waals surface area contributed by atoms with Crippen molar-refractivity contribution in [1.29, 1.82) is 0 Å². The molecular formula is C29H35N3O5. The van der Waals surface area contributed by atoms with Crippen molar-refractivity contribution in [2.45, 2.75) is 31.4 Å². The first kappa shape index (κ1) is 26.3. The molecular weight excluding hydrogens is 470 g/mol. The smallest absolute Gasteiger partial charge is 0.255 e. The number of carbonyl (C=O) groups is 1. The number of methoxy groups -OCH3 is 3. The van der Waals surface area contributed by atoms with E-state index in [2.05, 4.69) is 22.0 Å². The monoisotopic (exact) mass is 505 g/mol. The van der Waals surface area contributed by atoms with Crippen molar-refractivity contribution in [2.75, 3.05) is 46.4 Å². The maximum atomic E-state index is 13.1. The molecule has 196 valence electrons. The average molecular weight is 506 g/mol. The highest BCUT2D eigenvalue weighted by molar-refractivity contribution is 5.93. The molecule has 4 rings (SSSR count). The molecule has 1 saturated heterocycles. The highest BCUT2D eigenvalue weighted by Crippen LogP contribution is 2.38. The van der Waals surface area contributed by atoms with E-state index in [-0.39, 0.29) is 5.91 Å². The molecule has 0 saturated carbocycles. The maximum Gasteiger partial charge on any atom is 0.255 e. The molecule has 0 radical (unpaired) electrons. The van der Waals surface area contributed by atoms with Gasteiger partial charge in [0.1, 0.15) is 5.82 Å². The zero-order valence-corrected chi connectivity index (χ0v) is 21.9. The Morgan fingerprint density at radius 1 is 0.973 bits per heavy atom. The number of carbonyl (C=O) groups excluding carboxylic acids is 1. The third kappa shape index (κ3) is 6.14. The number of benzene rings is 2. The number of hydrogen-bond donors (Lipinski definition) is 1. The van der Waals surface area contributed by atoms with Gasteiger partial charge < -0.3 is 29.1 Å². The normalized spacial score (nSPS) is 14.7.